The SMILES string of the molecule is CCOC(=O)N1CCN(c2ncnc(N3CCC(C(=O)O)CC3)c2[N+](=O)[O-])CC1. The molecule has 2 fully saturated rings. The maximum atomic E-state index is 11.9. The lowest BCUT2D eigenvalue weighted by Gasteiger charge is -2.35. The van der Waals surface area contributed by atoms with Gasteiger partial charge in [0, 0.05) is 39.3 Å². The van der Waals surface area contributed by atoms with E-state index in [4.69, 9.17) is 9.84 Å². The number of nitrogens with zero attached hydrogens (tertiary/aromatic N) is 6. The van der Waals surface area contributed by atoms with E-state index in [1.54, 1.807) is 21.6 Å². The number of nitro groups is 1. The van der Waals surface area contributed by atoms with Crippen LogP contribution in [0.15, 0.2) is 6.33 Å². The van der Waals surface area contributed by atoms with Crippen LogP contribution < -0.4 is 9.80 Å². The van der Waals surface area contributed by atoms with E-state index >= 15 is 0 Å². The maximum absolute atomic E-state index is 11.9. The zero-order valence-corrected chi connectivity index (χ0v) is 16.2. The Morgan fingerprint density at radius 3 is 2.17 bits per heavy atom. The van der Waals surface area contributed by atoms with E-state index in [0.717, 1.165) is 0 Å². The number of piperidine rings is 1. The Labute approximate surface area is 167 Å². The lowest BCUT2D eigenvalue weighted by molar-refractivity contribution is -0.383. The molecule has 29 heavy (non-hydrogen) atoms. The molecule has 0 atom stereocenters. The highest BCUT2D eigenvalue weighted by atomic mass is 16.6. The second kappa shape index (κ2) is 8.88. The largest absolute Gasteiger partial charge is 0.481 e. The molecule has 2 aliphatic rings. The summed E-state index contributed by atoms with van der Waals surface area (Å²) in [7, 11) is 0. The van der Waals surface area contributed by atoms with Crippen molar-refractivity contribution in [1.82, 2.24) is 14.9 Å². The molecule has 0 radical (unpaired) electrons. The van der Waals surface area contributed by atoms with Gasteiger partial charge in [-0.05, 0) is 19.8 Å². The lowest BCUT2D eigenvalue weighted by atomic mass is 9.97. The number of carbonyl (C=O) groups is 2. The molecule has 0 unspecified atom stereocenters. The Morgan fingerprint density at radius 2 is 1.69 bits per heavy atom. The Balaban J connectivity index is 1.77. The first-order chi connectivity index (χ1) is 13.9. The van der Waals surface area contributed by atoms with Crippen molar-refractivity contribution in [2.24, 2.45) is 5.92 Å². The summed E-state index contributed by atoms with van der Waals surface area (Å²) < 4.78 is 4.99. The number of carbonyl (C=O) groups excluding carboxylic acids is 1. The van der Waals surface area contributed by atoms with Crippen LogP contribution in [0.4, 0.5) is 22.1 Å². The quantitative estimate of drug-likeness (QED) is 0.553. The Hall–Kier alpha value is -3.18. The third-order valence-corrected chi connectivity index (χ3v) is 5.22. The normalized spacial score (nSPS) is 17.9. The first-order valence-electron chi connectivity index (χ1n) is 9.56. The first-order valence-corrected chi connectivity index (χ1v) is 9.56. The Kier molecular flexibility index (Phi) is 6.29. The summed E-state index contributed by atoms with van der Waals surface area (Å²) in [6, 6.07) is 0. The van der Waals surface area contributed by atoms with Gasteiger partial charge in [-0.2, -0.15) is 0 Å². The predicted molar refractivity (Wildman–Crippen MR) is 102 cm³/mol. The monoisotopic (exact) mass is 408 g/mol. The van der Waals surface area contributed by atoms with Gasteiger partial charge in [-0.15, -0.1) is 0 Å². The standard InChI is InChI=1S/C17H24N6O6/c1-2-29-17(26)22-9-7-21(8-10-22)15-13(23(27)28)14(18-11-19-15)20-5-3-12(4-6-20)16(24)25/h11-12H,2-10H2,1H3,(H,24,25). The molecule has 12 nitrogen and oxygen atoms in total. The molecule has 12 heteroatoms. The number of carboxylic acids is 1. The topological polar surface area (TPSA) is 142 Å². The third-order valence-electron chi connectivity index (χ3n) is 5.22. The summed E-state index contributed by atoms with van der Waals surface area (Å²) in [6.45, 7) is 4.31. The summed E-state index contributed by atoms with van der Waals surface area (Å²) in [5, 5.41) is 21.0. The molecule has 1 aromatic heterocycles. The Bertz CT molecular complexity index is 774. The molecule has 0 bridgehead atoms. The van der Waals surface area contributed by atoms with Gasteiger partial charge in [-0.25, -0.2) is 14.8 Å². The van der Waals surface area contributed by atoms with Crippen LogP contribution in [0, 0.1) is 16.0 Å². The number of rotatable bonds is 5. The molecule has 3 rings (SSSR count). The fourth-order valence-electron chi connectivity index (χ4n) is 3.64. The van der Waals surface area contributed by atoms with Crippen molar-refractivity contribution < 1.29 is 24.4 Å². The number of aliphatic carboxylic acids is 1. The highest BCUT2D eigenvalue weighted by Crippen LogP contribution is 2.36. The summed E-state index contributed by atoms with van der Waals surface area (Å²) in [5.74, 6) is -0.870. The summed E-state index contributed by atoms with van der Waals surface area (Å²) in [5.41, 5.74) is -0.189. The van der Waals surface area contributed by atoms with E-state index in [1.807, 2.05) is 0 Å². The van der Waals surface area contributed by atoms with Crippen molar-refractivity contribution in [2.75, 3.05) is 55.7 Å². The van der Waals surface area contributed by atoms with Crippen LogP contribution in [-0.2, 0) is 9.53 Å². The minimum Gasteiger partial charge on any atom is -0.481 e. The van der Waals surface area contributed by atoms with Gasteiger partial charge in [0.05, 0.1) is 17.4 Å². The van der Waals surface area contributed by atoms with Crippen LogP contribution in [0.1, 0.15) is 19.8 Å². The first kappa shape index (κ1) is 20.6. The van der Waals surface area contributed by atoms with E-state index in [9.17, 15) is 19.7 Å². The number of piperazine rings is 1. The molecule has 1 aromatic rings. The average Bonchev–Trinajstić information content (AvgIpc) is 2.73. The lowest BCUT2D eigenvalue weighted by Crippen LogP contribution is -2.49. The number of aromatic nitrogens is 2. The molecule has 0 aliphatic carbocycles. The van der Waals surface area contributed by atoms with Crippen LogP contribution in [-0.4, -0.2) is 82.8 Å². The van der Waals surface area contributed by atoms with Crippen LogP contribution in [0.3, 0.4) is 0 Å². The third kappa shape index (κ3) is 4.46. The van der Waals surface area contributed by atoms with Crippen molar-refractivity contribution in [3.63, 3.8) is 0 Å². The second-order valence-corrected chi connectivity index (χ2v) is 6.90. The molecule has 1 N–H and O–H groups in total. The van der Waals surface area contributed by atoms with Gasteiger partial charge in [0.25, 0.3) is 0 Å². The average molecular weight is 408 g/mol. The maximum Gasteiger partial charge on any atom is 0.409 e. The highest BCUT2D eigenvalue weighted by molar-refractivity contribution is 5.74. The fraction of sp³-hybridized carbons (Fsp3) is 0.647. The van der Waals surface area contributed by atoms with Crippen molar-refractivity contribution in [3.05, 3.63) is 16.4 Å². The molecule has 2 saturated heterocycles. The van der Waals surface area contributed by atoms with E-state index < -0.39 is 22.9 Å². The molecule has 0 saturated carbocycles. The predicted octanol–water partition coefficient (Wildman–Crippen LogP) is 0.964. The molecule has 0 aromatic carbocycles. The number of hydrogen-bond acceptors (Lipinski definition) is 9. The van der Waals surface area contributed by atoms with Crippen LogP contribution >= 0.6 is 0 Å². The van der Waals surface area contributed by atoms with Gasteiger partial charge >= 0.3 is 17.7 Å². The van der Waals surface area contributed by atoms with E-state index in [2.05, 4.69) is 9.97 Å². The molecule has 1 amide bonds. The highest BCUT2D eigenvalue weighted by Gasteiger charge is 2.34. The van der Waals surface area contributed by atoms with Crippen molar-refractivity contribution in [2.45, 2.75) is 19.8 Å². The number of amides is 1. The zero-order valence-electron chi connectivity index (χ0n) is 16.2. The molecule has 2 aliphatic heterocycles. The fourth-order valence-corrected chi connectivity index (χ4v) is 3.64. The molecule has 158 valence electrons. The van der Waals surface area contributed by atoms with Gasteiger partial charge in [-0.3, -0.25) is 14.9 Å². The van der Waals surface area contributed by atoms with Crippen molar-refractivity contribution >= 4 is 29.4 Å². The summed E-state index contributed by atoms with van der Waals surface area (Å²) in [6.07, 6.45) is 1.71. The van der Waals surface area contributed by atoms with E-state index in [-0.39, 0.29) is 17.3 Å². The molecule has 0 spiro atoms. The van der Waals surface area contributed by atoms with Crippen LogP contribution in [0.2, 0.25) is 0 Å². The van der Waals surface area contributed by atoms with E-state index in [0.29, 0.717) is 58.7 Å². The van der Waals surface area contributed by atoms with E-state index in [1.165, 1.54) is 6.33 Å². The smallest absolute Gasteiger partial charge is 0.409 e. The minimum atomic E-state index is -0.845. The summed E-state index contributed by atoms with van der Waals surface area (Å²) >= 11 is 0. The second-order valence-electron chi connectivity index (χ2n) is 6.90. The zero-order chi connectivity index (χ0) is 21.0. The number of anilines is 2. The summed E-state index contributed by atoms with van der Waals surface area (Å²) in [4.78, 5) is 47.7. The molecular formula is C17H24N6O6. The molecule has 3 heterocycles. The number of hydrogen-bond donors (Lipinski definition) is 1. The van der Waals surface area contributed by atoms with Crippen molar-refractivity contribution in [1.29, 1.82) is 0 Å². The van der Waals surface area contributed by atoms with Gasteiger partial charge in [0.2, 0.25) is 11.6 Å². The van der Waals surface area contributed by atoms with Crippen molar-refractivity contribution in [3.8, 4) is 0 Å². The van der Waals surface area contributed by atoms with Gasteiger partial charge < -0.3 is 24.5 Å². The van der Waals surface area contributed by atoms with Gasteiger partial charge in [0.1, 0.15) is 6.33 Å². The van der Waals surface area contributed by atoms with Gasteiger partial charge in [-0.1, -0.05) is 0 Å². The number of ether oxygens (including phenoxy) is 1. The Morgan fingerprint density at radius 1 is 1.14 bits per heavy atom. The number of carboxylic acid groups (broad SMARTS) is 1. The molecular weight excluding hydrogens is 384 g/mol. The van der Waals surface area contributed by atoms with Crippen LogP contribution in [0.5, 0.6) is 0 Å². The minimum absolute atomic E-state index is 0.189. The van der Waals surface area contributed by atoms with Gasteiger partial charge in [0.15, 0.2) is 0 Å². The van der Waals surface area contributed by atoms with Crippen LogP contribution in [0.25, 0.3) is 0 Å².